The predicted octanol–water partition coefficient (Wildman–Crippen LogP) is 1.75. The number of hydrogen-bond acceptors (Lipinski definition) is 5. The van der Waals surface area contributed by atoms with Crippen LogP contribution in [0, 0.1) is 0 Å². The van der Waals surface area contributed by atoms with Crippen molar-refractivity contribution in [1.82, 2.24) is 5.32 Å². The van der Waals surface area contributed by atoms with Crippen LogP contribution in [0.2, 0.25) is 0 Å². The first-order valence-corrected chi connectivity index (χ1v) is 7.07. The zero-order chi connectivity index (χ0) is 17.5. The van der Waals surface area contributed by atoms with E-state index in [0.29, 0.717) is 0 Å². The number of amides is 1. The average molecular weight is 323 g/mol. The minimum absolute atomic E-state index is 0.195. The molecular formula is C16H21NO6. The zero-order valence-corrected chi connectivity index (χ0v) is 13.4. The summed E-state index contributed by atoms with van der Waals surface area (Å²) in [6, 6.07) is 7.86. The summed E-state index contributed by atoms with van der Waals surface area (Å²) in [5.41, 5.74) is 0.109. The maximum atomic E-state index is 11.7. The van der Waals surface area contributed by atoms with Crippen molar-refractivity contribution in [2.24, 2.45) is 0 Å². The van der Waals surface area contributed by atoms with Crippen molar-refractivity contribution in [3.8, 4) is 0 Å². The van der Waals surface area contributed by atoms with Crippen LogP contribution in [-0.2, 0) is 25.7 Å². The van der Waals surface area contributed by atoms with E-state index in [0.717, 1.165) is 5.56 Å². The maximum absolute atomic E-state index is 11.7. The normalized spacial score (nSPS) is 12.3. The molecule has 1 aromatic carbocycles. The predicted molar refractivity (Wildman–Crippen MR) is 81.9 cm³/mol. The van der Waals surface area contributed by atoms with Crippen LogP contribution in [0.3, 0.4) is 0 Å². The molecule has 1 atom stereocenters. The molecule has 7 nitrogen and oxygen atoms in total. The van der Waals surface area contributed by atoms with Gasteiger partial charge < -0.3 is 19.9 Å². The Morgan fingerprint density at radius 2 is 1.78 bits per heavy atom. The Labute approximate surface area is 134 Å². The highest BCUT2D eigenvalue weighted by Gasteiger charge is 2.28. The molecule has 0 fully saturated rings. The van der Waals surface area contributed by atoms with Crippen molar-refractivity contribution < 1.29 is 29.0 Å². The molecule has 0 aromatic heterocycles. The first kappa shape index (κ1) is 18.6. The first-order chi connectivity index (χ1) is 10.7. The van der Waals surface area contributed by atoms with E-state index in [9.17, 15) is 14.4 Å². The number of carbonyl (C=O) groups excluding carboxylic acids is 2. The largest absolute Gasteiger partial charge is 0.475 e. The van der Waals surface area contributed by atoms with E-state index in [4.69, 9.17) is 14.6 Å². The molecule has 0 bridgehead atoms. The van der Waals surface area contributed by atoms with E-state index in [1.165, 1.54) is 0 Å². The van der Waals surface area contributed by atoms with Crippen molar-refractivity contribution in [3.05, 3.63) is 35.9 Å². The Morgan fingerprint density at radius 1 is 1.17 bits per heavy atom. The molecule has 0 aliphatic heterocycles. The molecule has 1 aromatic rings. The second-order valence-corrected chi connectivity index (χ2v) is 5.87. The minimum Gasteiger partial charge on any atom is -0.475 e. The molecule has 1 amide bonds. The van der Waals surface area contributed by atoms with Gasteiger partial charge in [-0.3, -0.25) is 4.79 Å². The number of Topliss-reactive ketones (excluding diaryl/α,β-unsaturated/α-hetero) is 1. The Hall–Kier alpha value is -2.41. The van der Waals surface area contributed by atoms with E-state index in [2.05, 4.69) is 5.32 Å². The van der Waals surface area contributed by atoms with Crippen LogP contribution < -0.4 is 5.32 Å². The van der Waals surface area contributed by atoms with Gasteiger partial charge in [-0.05, 0) is 26.3 Å². The lowest BCUT2D eigenvalue weighted by atomic mass is 10.2. The standard InChI is InChI=1S/C16H21NO6/c1-16(2,3)23-15(21)17-12(13(18)14(19)20)10-22-9-11-7-5-4-6-8-11/h4-8,12H,9-10H2,1-3H3,(H,17,21)(H,19,20)/t12-/m1/s1. The molecule has 0 unspecified atom stereocenters. The second kappa shape index (κ2) is 8.28. The van der Waals surface area contributed by atoms with Gasteiger partial charge in [0.2, 0.25) is 0 Å². The van der Waals surface area contributed by atoms with E-state index in [1.54, 1.807) is 20.8 Å². The van der Waals surface area contributed by atoms with Crippen LogP contribution >= 0.6 is 0 Å². The van der Waals surface area contributed by atoms with E-state index < -0.39 is 29.5 Å². The molecule has 126 valence electrons. The quantitative estimate of drug-likeness (QED) is 0.741. The molecular weight excluding hydrogens is 302 g/mol. The number of ketones is 1. The highest BCUT2D eigenvalue weighted by Crippen LogP contribution is 2.07. The third kappa shape index (κ3) is 7.42. The number of benzene rings is 1. The fourth-order valence-corrected chi connectivity index (χ4v) is 1.65. The van der Waals surface area contributed by atoms with Crippen molar-refractivity contribution >= 4 is 17.8 Å². The van der Waals surface area contributed by atoms with Gasteiger partial charge in [0.15, 0.2) is 0 Å². The molecule has 0 saturated carbocycles. The monoisotopic (exact) mass is 323 g/mol. The van der Waals surface area contributed by atoms with Crippen molar-refractivity contribution in [2.45, 2.75) is 39.0 Å². The lowest BCUT2D eigenvalue weighted by molar-refractivity contribution is -0.150. The molecule has 2 N–H and O–H groups in total. The minimum atomic E-state index is -1.64. The van der Waals surface area contributed by atoms with Gasteiger partial charge in [0, 0.05) is 0 Å². The fourth-order valence-electron chi connectivity index (χ4n) is 1.65. The Kier molecular flexibility index (Phi) is 6.71. The van der Waals surface area contributed by atoms with Gasteiger partial charge in [-0.15, -0.1) is 0 Å². The average Bonchev–Trinajstić information content (AvgIpc) is 2.44. The molecule has 0 radical (unpaired) electrons. The number of carbonyl (C=O) groups is 3. The summed E-state index contributed by atoms with van der Waals surface area (Å²) in [5, 5.41) is 11.0. The number of ether oxygens (including phenoxy) is 2. The number of nitrogens with one attached hydrogen (secondary N) is 1. The van der Waals surface area contributed by atoms with Crippen LogP contribution in [0.25, 0.3) is 0 Å². The summed E-state index contributed by atoms with van der Waals surface area (Å²) in [5.74, 6) is -2.81. The first-order valence-electron chi connectivity index (χ1n) is 7.07. The van der Waals surface area contributed by atoms with Crippen molar-refractivity contribution in [2.75, 3.05) is 6.61 Å². The van der Waals surface area contributed by atoms with Gasteiger partial charge in [-0.25, -0.2) is 9.59 Å². The van der Waals surface area contributed by atoms with Gasteiger partial charge in [0.1, 0.15) is 11.6 Å². The number of carboxylic acids is 1. The van der Waals surface area contributed by atoms with Gasteiger partial charge in [0.05, 0.1) is 13.2 Å². The maximum Gasteiger partial charge on any atom is 0.408 e. The molecule has 23 heavy (non-hydrogen) atoms. The molecule has 0 spiro atoms. The highest BCUT2D eigenvalue weighted by atomic mass is 16.6. The molecule has 0 heterocycles. The summed E-state index contributed by atoms with van der Waals surface area (Å²) < 4.78 is 10.3. The van der Waals surface area contributed by atoms with Crippen molar-refractivity contribution in [3.63, 3.8) is 0 Å². The number of aliphatic carboxylic acids is 1. The molecule has 0 saturated heterocycles. The van der Waals surface area contributed by atoms with Gasteiger partial charge >= 0.3 is 12.1 Å². The smallest absolute Gasteiger partial charge is 0.408 e. The third-order valence-electron chi connectivity index (χ3n) is 2.61. The summed E-state index contributed by atoms with van der Waals surface area (Å²) in [7, 11) is 0. The number of hydrogen-bond donors (Lipinski definition) is 2. The summed E-state index contributed by atoms with van der Waals surface area (Å²) in [6.07, 6.45) is -0.875. The topological polar surface area (TPSA) is 102 Å². The van der Waals surface area contributed by atoms with Crippen LogP contribution in [0.4, 0.5) is 4.79 Å². The molecule has 1 rings (SSSR count). The lowest BCUT2D eigenvalue weighted by Crippen LogP contribution is -2.48. The van der Waals surface area contributed by atoms with Gasteiger partial charge in [-0.1, -0.05) is 30.3 Å². The highest BCUT2D eigenvalue weighted by molar-refractivity contribution is 6.35. The zero-order valence-electron chi connectivity index (χ0n) is 13.4. The Bertz CT molecular complexity index is 549. The summed E-state index contributed by atoms with van der Waals surface area (Å²) >= 11 is 0. The third-order valence-corrected chi connectivity index (χ3v) is 2.61. The number of carboxylic acid groups (broad SMARTS) is 1. The van der Waals surface area contributed by atoms with E-state index in [1.807, 2.05) is 30.3 Å². The fraction of sp³-hybridized carbons (Fsp3) is 0.438. The summed E-state index contributed by atoms with van der Waals surface area (Å²) in [6.45, 7) is 4.91. The molecule has 7 heteroatoms. The summed E-state index contributed by atoms with van der Waals surface area (Å²) in [4.78, 5) is 34.2. The molecule has 0 aliphatic carbocycles. The van der Waals surface area contributed by atoms with E-state index in [-0.39, 0.29) is 13.2 Å². The Balaban J connectivity index is 2.60. The van der Waals surface area contributed by atoms with Gasteiger partial charge in [0.25, 0.3) is 5.78 Å². The van der Waals surface area contributed by atoms with E-state index >= 15 is 0 Å². The van der Waals surface area contributed by atoms with Gasteiger partial charge in [-0.2, -0.15) is 0 Å². The van der Waals surface area contributed by atoms with Crippen LogP contribution in [0.1, 0.15) is 26.3 Å². The van der Waals surface area contributed by atoms with Crippen molar-refractivity contribution in [1.29, 1.82) is 0 Å². The number of alkyl carbamates (subject to hydrolysis) is 1. The number of rotatable bonds is 7. The second-order valence-electron chi connectivity index (χ2n) is 5.87. The van der Waals surface area contributed by atoms with Crippen LogP contribution in [0.5, 0.6) is 0 Å². The SMILES string of the molecule is CC(C)(C)OC(=O)N[C@H](COCc1ccccc1)C(=O)C(=O)O. The molecule has 0 aliphatic rings. The Morgan fingerprint density at radius 3 is 2.30 bits per heavy atom. The van der Waals surface area contributed by atoms with Crippen LogP contribution in [0.15, 0.2) is 30.3 Å². The van der Waals surface area contributed by atoms with Crippen LogP contribution in [-0.4, -0.2) is 41.2 Å². The lowest BCUT2D eigenvalue weighted by Gasteiger charge is -2.22.